The molecule has 1 amide bonds. The van der Waals surface area contributed by atoms with Gasteiger partial charge in [-0.05, 0) is 57.2 Å². The lowest BCUT2D eigenvalue weighted by atomic mass is 9.83. The maximum Gasteiger partial charge on any atom is 0.230 e. The van der Waals surface area contributed by atoms with Crippen molar-refractivity contribution in [3.05, 3.63) is 34.3 Å². The third kappa shape index (κ3) is 3.54. The van der Waals surface area contributed by atoms with Crippen molar-refractivity contribution in [3.63, 3.8) is 0 Å². The van der Waals surface area contributed by atoms with E-state index in [0.717, 1.165) is 42.0 Å². The molecule has 4 heteroatoms. The highest BCUT2D eigenvalue weighted by Crippen LogP contribution is 2.30. The highest BCUT2D eigenvalue weighted by molar-refractivity contribution is 9.10. The predicted octanol–water partition coefficient (Wildman–Crippen LogP) is 3.47. The van der Waals surface area contributed by atoms with Crippen LogP contribution in [0, 0.1) is 0 Å². The summed E-state index contributed by atoms with van der Waals surface area (Å²) < 4.78 is 1.04. The van der Waals surface area contributed by atoms with E-state index in [9.17, 15) is 4.79 Å². The summed E-state index contributed by atoms with van der Waals surface area (Å²) in [7, 11) is 0. The number of hydrogen-bond acceptors (Lipinski definition) is 2. The number of piperidine rings is 1. The molecule has 0 bridgehead atoms. The molecule has 0 spiro atoms. The van der Waals surface area contributed by atoms with Crippen molar-refractivity contribution in [2.24, 2.45) is 0 Å². The number of hydrogen-bond donors (Lipinski definition) is 1. The maximum atomic E-state index is 12.7. The Hall–Kier alpha value is -0.870. The molecule has 2 fully saturated rings. The van der Waals surface area contributed by atoms with Gasteiger partial charge >= 0.3 is 0 Å². The summed E-state index contributed by atoms with van der Waals surface area (Å²) >= 11 is 3.45. The van der Waals surface area contributed by atoms with Crippen LogP contribution in [0.25, 0.3) is 0 Å². The Kier molecular flexibility index (Phi) is 4.60. The van der Waals surface area contributed by atoms with Crippen LogP contribution in [0.5, 0.6) is 0 Å². The fraction of sp³-hybridized carbons (Fsp3) is 0.611. The minimum absolute atomic E-state index is 0.139. The Morgan fingerprint density at radius 2 is 1.73 bits per heavy atom. The first-order chi connectivity index (χ1) is 10.5. The lowest BCUT2D eigenvalue weighted by Crippen LogP contribution is -2.49. The molecule has 3 rings (SSSR count). The first-order valence-electron chi connectivity index (χ1n) is 8.28. The minimum atomic E-state index is -0.492. The van der Waals surface area contributed by atoms with Gasteiger partial charge in [-0.2, -0.15) is 0 Å². The smallest absolute Gasteiger partial charge is 0.230 e. The minimum Gasteiger partial charge on any atom is -0.353 e. The molecule has 1 aliphatic carbocycles. The predicted molar refractivity (Wildman–Crippen MR) is 92.9 cm³/mol. The van der Waals surface area contributed by atoms with Crippen LogP contribution in [-0.2, 0) is 10.2 Å². The van der Waals surface area contributed by atoms with Crippen molar-refractivity contribution in [2.75, 3.05) is 13.1 Å². The number of likely N-dealkylation sites (tertiary alicyclic amines) is 1. The molecule has 120 valence electrons. The molecule has 1 aromatic rings. The SMILES string of the molecule is CC(C)(C(=O)NC1CCN(C2CC2)CC1)c1ccc(Br)cc1. The summed E-state index contributed by atoms with van der Waals surface area (Å²) in [6, 6.07) is 9.23. The Bertz CT molecular complexity index is 529. The summed E-state index contributed by atoms with van der Waals surface area (Å²) in [6.45, 7) is 6.28. The summed E-state index contributed by atoms with van der Waals surface area (Å²) in [5.41, 5.74) is 0.567. The van der Waals surface area contributed by atoms with Gasteiger partial charge in [0, 0.05) is 29.6 Å². The number of nitrogens with zero attached hydrogens (tertiary/aromatic N) is 1. The van der Waals surface area contributed by atoms with Crippen molar-refractivity contribution < 1.29 is 4.79 Å². The summed E-state index contributed by atoms with van der Waals surface area (Å²) in [6.07, 6.45) is 4.90. The molecular weight excluding hydrogens is 340 g/mol. The number of carbonyl (C=O) groups excluding carboxylic acids is 1. The van der Waals surface area contributed by atoms with Gasteiger partial charge in [-0.3, -0.25) is 4.79 Å². The molecule has 22 heavy (non-hydrogen) atoms. The van der Waals surface area contributed by atoms with E-state index in [4.69, 9.17) is 0 Å². The average Bonchev–Trinajstić information content (AvgIpc) is 3.33. The fourth-order valence-corrected chi connectivity index (χ4v) is 3.48. The Morgan fingerprint density at radius 1 is 1.14 bits per heavy atom. The van der Waals surface area contributed by atoms with Crippen molar-refractivity contribution in [1.29, 1.82) is 0 Å². The van der Waals surface area contributed by atoms with Gasteiger partial charge in [-0.15, -0.1) is 0 Å². The first kappa shape index (κ1) is 16.0. The van der Waals surface area contributed by atoms with Crippen LogP contribution in [-0.4, -0.2) is 36.0 Å². The molecule has 2 aliphatic rings. The number of benzene rings is 1. The van der Waals surface area contributed by atoms with E-state index in [1.165, 1.54) is 12.8 Å². The van der Waals surface area contributed by atoms with Crippen molar-refractivity contribution in [2.45, 2.75) is 57.0 Å². The second kappa shape index (κ2) is 6.32. The van der Waals surface area contributed by atoms with E-state index in [1.54, 1.807) is 0 Å². The normalized spacial score (nSPS) is 20.9. The van der Waals surface area contributed by atoms with Gasteiger partial charge in [-0.1, -0.05) is 28.1 Å². The van der Waals surface area contributed by atoms with Crippen molar-refractivity contribution >= 4 is 21.8 Å². The molecular formula is C18H25BrN2O. The Balaban J connectivity index is 1.57. The Labute approximate surface area is 141 Å². The number of nitrogens with one attached hydrogen (secondary N) is 1. The maximum absolute atomic E-state index is 12.7. The number of halogens is 1. The second-order valence-corrected chi connectivity index (χ2v) is 8.06. The number of carbonyl (C=O) groups is 1. The van der Waals surface area contributed by atoms with Gasteiger partial charge in [0.15, 0.2) is 0 Å². The third-order valence-corrected chi connectivity index (χ3v) is 5.59. The van der Waals surface area contributed by atoms with Crippen LogP contribution in [0.15, 0.2) is 28.7 Å². The topological polar surface area (TPSA) is 32.3 Å². The van der Waals surface area contributed by atoms with E-state index in [1.807, 2.05) is 38.1 Å². The first-order valence-corrected chi connectivity index (χ1v) is 9.07. The van der Waals surface area contributed by atoms with Gasteiger partial charge in [0.25, 0.3) is 0 Å². The fourth-order valence-electron chi connectivity index (χ4n) is 3.21. The van der Waals surface area contributed by atoms with E-state index in [2.05, 4.69) is 26.1 Å². The van der Waals surface area contributed by atoms with Crippen molar-refractivity contribution in [3.8, 4) is 0 Å². The molecule has 3 nitrogen and oxygen atoms in total. The van der Waals surface area contributed by atoms with E-state index < -0.39 is 5.41 Å². The largest absolute Gasteiger partial charge is 0.353 e. The van der Waals surface area contributed by atoms with E-state index in [0.29, 0.717) is 6.04 Å². The van der Waals surface area contributed by atoms with Crippen LogP contribution in [0.3, 0.4) is 0 Å². The summed E-state index contributed by atoms with van der Waals surface area (Å²) in [4.78, 5) is 15.3. The molecule has 0 radical (unpaired) electrons. The van der Waals surface area contributed by atoms with Crippen molar-refractivity contribution in [1.82, 2.24) is 10.2 Å². The van der Waals surface area contributed by atoms with Gasteiger partial charge in [0.05, 0.1) is 5.41 Å². The zero-order chi connectivity index (χ0) is 15.7. The van der Waals surface area contributed by atoms with Gasteiger partial charge < -0.3 is 10.2 Å². The second-order valence-electron chi connectivity index (χ2n) is 7.15. The van der Waals surface area contributed by atoms with Crippen LogP contribution < -0.4 is 5.32 Å². The Morgan fingerprint density at radius 3 is 2.27 bits per heavy atom. The van der Waals surface area contributed by atoms with Crippen LogP contribution in [0.4, 0.5) is 0 Å². The van der Waals surface area contributed by atoms with Gasteiger partial charge in [0.1, 0.15) is 0 Å². The highest BCUT2D eigenvalue weighted by Gasteiger charge is 2.35. The van der Waals surface area contributed by atoms with E-state index in [-0.39, 0.29) is 5.91 Å². The summed E-state index contributed by atoms with van der Waals surface area (Å²) in [5.74, 6) is 0.139. The molecule has 1 aromatic carbocycles. The monoisotopic (exact) mass is 364 g/mol. The molecule has 0 atom stereocenters. The molecule has 1 saturated carbocycles. The zero-order valence-corrected chi connectivity index (χ0v) is 15.0. The van der Waals surface area contributed by atoms with Crippen LogP contribution in [0.2, 0.25) is 0 Å². The molecule has 1 heterocycles. The lowest BCUT2D eigenvalue weighted by molar-refractivity contribution is -0.126. The van der Waals surface area contributed by atoms with Gasteiger partial charge in [-0.25, -0.2) is 0 Å². The lowest BCUT2D eigenvalue weighted by Gasteiger charge is -2.34. The van der Waals surface area contributed by atoms with Crippen LogP contribution in [0.1, 0.15) is 45.1 Å². The summed E-state index contributed by atoms with van der Waals surface area (Å²) in [5, 5.41) is 3.27. The van der Waals surface area contributed by atoms with E-state index >= 15 is 0 Å². The molecule has 1 aliphatic heterocycles. The quantitative estimate of drug-likeness (QED) is 0.886. The molecule has 1 saturated heterocycles. The van der Waals surface area contributed by atoms with Crippen LogP contribution >= 0.6 is 15.9 Å². The molecule has 0 unspecified atom stereocenters. The standard InChI is InChI=1S/C18H25BrN2O/c1-18(2,13-3-5-14(19)6-4-13)17(22)20-15-9-11-21(12-10-15)16-7-8-16/h3-6,15-16H,7-12H2,1-2H3,(H,20,22). The van der Waals surface area contributed by atoms with Gasteiger partial charge in [0.2, 0.25) is 5.91 Å². The molecule has 0 aromatic heterocycles. The number of amides is 1. The number of rotatable bonds is 4. The highest BCUT2D eigenvalue weighted by atomic mass is 79.9. The third-order valence-electron chi connectivity index (χ3n) is 5.06. The zero-order valence-electron chi connectivity index (χ0n) is 13.4. The average molecular weight is 365 g/mol. The molecule has 1 N–H and O–H groups in total.